The largest absolute Gasteiger partial charge is 0.297 e. The average molecular weight is 500 g/mol. The van der Waals surface area contributed by atoms with Gasteiger partial charge in [-0.2, -0.15) is 0 Å². The lowest BCUT2D eigenvalue weighted by atomic mass is 10.2. The van der Waals surface area contributed by atoms with Crippen LogP contribution in [0, 0.1) is 0 Å². The maximum atomic E-state index is 6.55. The molecule has 4 rings (SSSR count). The fourth-order valence-corrected chi connectivity index (χ4v) is 10.5. The van der Waals surface area contributed by atoms with E-state index in [-0.39, 0.29) is 6.10 Å². The fraction of sp³-hybridized carbons (Fsp3) is 0.226. The third-order valence-corrected chi connectivity index (χ3v) is 11.9. The van der Waals surface area contributed by atoms with Crippen LogP contribution in [-0.2, 0) is 4.84 Å². The zero-order valence-electron chi connectivity index (χ0n) is 20.8. The van der Waals surface area contributed by atoms with Crippen molar-refractivity contribution >= 4 is 37.1 Å². The van der Waals surface area contributed by atoms with E-state index in [1.54, 1.807) is 0 Å². The van der Waals surface area contributed by atoms with Crippen LogP contribution in [-0.4, -0.2) is 24.0 Å². The van der Waals surface area contributed by atoms with Crippen molar-refractivity contribution in [3.8, 4) is 0 Å². The Hall–Kier alpha value is -2.34. The summed E-state index contributed by atoms with van der Waals surface area (Å²) >= 11 is 0. The second kappa shape index (κ2) is 13.1. The first-order valence-corrected chi connectivity index (χ1v) is 15.2. The fourth-order valence-electron chi connectivity index (χ4n) is 4.67. The van der Waals surface area contributed by atoms with E-state index in [1.165, 1.54) is 21.2 Å². The van der Waals surface area contributed by atoms with Crippen LogP contribution in [0.5, 0.6) is 0 Å². The standard InChI is InChI=1S/C31H35NOP2/c1-4-32-33-31(25(2)34(27-17-9-5-10-18-27)28-19-11-6-12-20-28)26(3)35(29-21-13-7-14-22-29)30-23-15-8-16-24-30/h5-26,31-32H,4H2,1-3H3. The molecule has 0 aliphatic heterocycles. The van der Waals surface area contributed by atoms with E-state index in [9.17, 15) is 0 Å². The lowest BCUT2D eigenvalue weighted by molar-refractivity contribution is -0.0205. The quantitative estimate of drug-likeness (QED) is 0.204. The van der Waals surface area contributed by atoms with E-state index in [4.69, 9.17) is 4.84 Å². The Kier molecular flexibility index (Phi) is 9.64. The number of rotatable bonds is 11. The molecule has 4 heteroatoms. The Balaban J connectivity index is 1.77. The van der Waals surface area contributed by atoms with Crippen LogP contribution in [0.3, 0.4) is 0 Å². The number of hydroxylamine groups is 1. The van der Waals surface area contributed by atoms with Gasteiger partial charge in [0.05, 0.1) is 6.10 Å². The van der Waals surface area contributed by atoms with Gasteiger partial charge in [-0.25, -0.2) is 5.48 Å². The third-order valence-electron chi connectivity index (χ3n) is 6.27. The van der Waals surface area contributed by atoms with Gasteiger partial charge in [-0.3, -0.25) is 4.84 Å². The maximum Gasteiger partial charge on any atom is 0.0931 e. The second-order valence-corrected chi connectivity index (χ2v) is 13.8. The van der Waals surface area contributed by atoms with Gasteiger partial charge in [-0.1, -0.05) is 142 Å². The molecule has 1 N–H and O–H groups in total. The van der Waals surface area contributed by atoms with Gasteiger partial charge in [0.25, 0.3) is 0 Å². The molecule has 4 aromatic rings. The summed E-state index contributed by atoms with van der Waals surface area (Å²) in [6, 6.07) is 43.9. The maximum absolute atomic E-state index is 6.55. The first-order valence-electron chi connectivity index (χ1n) is 12.4. The molecule has 0 radical (unpaired) electrons. The van der Waals surface area contributed by atoms with E-state index in [0.29, 0.717) is 11.3 Å². The van der Waals surface area contributed by atoms with Crippen LogP contribution in [0.2, 0.25) is 0 Å². The number of hydrogen-bond donors (Lipinski definition) is 1. The van der Waals surface area contributed by atoms with Crippen molar-refractivity contribution in [3.63, 3.8) is 0 Å². The molecule has 0 aliphatic carbocycles. The minimum Gasteiger partial charge on any atom is -0.297 e. The molecular weight excluding hydrogens is 464 g/mol. The van der Waals surface area contributed by atoms with E-state index in [0.717, 1.165) is 6.54 Å². The van der Waals surface area contributed by atoms with Crippen LogP contribution in [0.25, 0.3) is 0 Å². The van der Waals surface area contributed by atoms with Gasteiger partial charge in [0.15, 0.2) is 0 Å². The molecule has 0 bridgehead atoms. The summed E-state index contributed by atoms with van der Waals surface area (Å²) in [4.78, 5) is 6.55. The molecule has 2 atom stereocenters. The molecule has 0 aromatic heterocycles. The van der Waals surface area contributed by atoms with Crippen molar-refractivity contribution in [1.29, 1.82) is 0 Å². The highest BCUT2D eigenvalue weighted by Gasteiger charge is 2.37. The Morgan fingerprint density at radius 1 is 0.543 bits per heavy atom. The molecule has 0 aliphatic rings. The van der Waals surface area contributed by atoms with Crippen molar-refractivity contribution in [2.24, 2.45) is 0 Å². The zero-order chi connectivity index (χ0) is 24.5. The predicted octanol–water partition coefficient (Wildman–Crippen LogP) is 5.94. The van der Waals surface area contributed by atoms with Gasteiger partial charge in [0, 0.05) is 17.9 Å². The number of hydrogen-bond acceptors (Lipinski definition) is 2. The second-order valence-electron chi connectivity index (χ2n) is 8.64. The molecule has 0 spiro atoms. The van der Waals surface area contributed by atoms with E-state index in [2.05, 4.69) is 148 Å². The number of benzene rings is 4. The van der Waals surface area contributed by atoms with Gasteiger partial charge in [0.1, 0.15) is 0 Å². The van der Waals surface area contributed by atoms with Crippen molar-refractivity contribution in [3.05, 3.63) is 121 Å². The summed E-state index contributed by atoms with van der Waals surface area (Å²) in [6.45, 7) is 7.64. The molecule has 0 saturated heterocycles. The zero-order valence-corrected chi connectivity index (χ0v) is 22.6. The molecule has 0 heterocycles. The monoisotopic (exact) mass is 499 g/mol. The molecule has 0 amide bonds. The van der Waals surface area contributed by atoms with Gasteiger partial charge in [-0.05, 0) is 37.1 Å². The lowest BCUT2D eigenvalue weighted by Crippen LogP contribution is -2.43. The van der Waals surface area contributed by atoms with Gasteiger partial charge < -0.3 is 0 Å². The SMILES string of the molecule is CCNOC(C(C)P(c1ccccc1)c1ccccc1)C(C)P(c1ccccc1)c1ccccc1. The lowest BCUT2D eigenvalue weighted by Gasteiger charge is -2.38. The topological polar surface area (TPSA) is 21.3 Å². The van der Waals surface area contributed by atoms with Crippen molar-refractivity contribution in [1.82, 2.24) is 5.48 Å². The van der Waals surface area contributed by atoms with Crippen LogP contribution < -0.4 is 26.7 Å². The smallest absolute Gasteiger partial charge is 0.0931 e. The summed E-state index contributed by atoms with van der Waals surface area (Å²) in [5.74, 6) is 0. The minimum absolute atomic E-state index is 0.0352. The Bertz CT molecular complexity index is 958. The molecule has 2 unspecified atom stereocenters. The Morgan fingerprint density at radius 3 is 1.09 bits per heavy atom. The van der Waals surface area contributed by atoms with E-state index >= 15 is 0 Å². The first kappa shape index (κ1) is 25.7. The minimum atomic E-state index is -0.618. The van der Waals surface area contributed by atoms with Crippen LogP contribution in [0.15, 0.2) is 121 Å². The highest BCUT2D eigenvalue weighted by atomic mass is 31.1. The van der Waals surface area contributed by atoms with Crippen LogP contribution >= 0.6 is 15.8 Å². The van der Waals surface area contributed by atoms with Crippen molar-refractivity contribution < 1.29 is 4.84 Å². The average Bonchev–Trinajstić information content (AvgIpc) is 2.92. The molecule has 0 saturated carbocycles. The van der Waals surface area contributed by atoms with Gasteiger partial charge >= 0.3 is 0 Å². The summed E-state index contributed by atoms with van der Waals surface area (Å²) in [5.41, 5.74) is 3.86. The Morgan fingerprint density at radius 2 is 0.829 bits per heavy atom. The van der Waals surface area contributed by atoms with Crippen molar-refractivity contribution in [2.45, 2.75) is 38.2 Å². The molecule has 2 nitrogen and oxygen atoms in total. The van der Waals surface area contributed by atoms with Gasteiger partial charge in [-0.15, -0.1) is 0 Å². The van der Waals surface area contributed by atoms with Crippen molar-refractivity contribution in [2.75, 3.05) is 6.54 Å². The highest BCUT2D eigenvalue weighted by molar-refractivity contribution is 7.74. The molecule has 35 heavy (non-hydrogen) atoms. The van der Waals surface area contributed by atoms with Crippen LogP contribution in [0.1, 0.15) is 20.8 Å². The summed E-state index contributed by atoms with van der Waals surface area (Å²) in [6.07, 6.45) is 0.0352. The molecule has 0 fully saturated rings. The molecule has 4 aromatic carbocycles. The summed E-state index contributed by atoms with van der Waals surface area (Å²) < 4.78 is 0. The summed E-state index contributed by atoms with van der Waals surface area (Å²) in [7, 11) is -1.24. The highest BCUT2D eigenvalue weighted by Crippen LogP contribution is 2.48. The molecular formula is C31H35NOP2. The van der Waals surface area contributed by atoms with Crippen LogP contribution in [0.4, 0.5) is 0 Å². The molecule has 180 valence electrons. The third kappa shape index (κ3) is 6.46. The van der Waals surface area contributed by atoms with Gasteiger partial charge in [0.2, 0.25) is 0 Å². The van der Waals surface area contributed by atoms with E-state index < -0.39 is 15.8 Å². The number of nitrogens with one attached hydrogen (secondary N) is 1. The first-order chi connectivity index (χ1) is 17.2. The van der Waals surface area contributed by atoms with E-state index in [1.807, 2.05) is 0 Å². The summed E-state index contributed by atoms with van der Waals surface area (Å²) in [5, 5.41) is 5.56. The Labute approximate surface area is 213 Å². The predicted molar refractivity (Wildman–Crippen MR) is 156 cm³/mol. The normalized spacial score (nSPS) is 14.1.